The van der Waals surface area contributed by atoms with Crippen LogP contribution in [0.1, 0.15) is 36.5 Å². The molecule has 1 amide bonds. The number of rotatable bonds is 3. The van der Waals surface area contributed by atoms with Gasteiger partial charge in [-0.25, -0.2) is 0 Å². The maximum atomic E-state index is 12.9. The summed E-state index contributed by atoms with van der Waals surface area (Å²) in [5.41, 5.74) is 0.443. The van der Waals surface area contributed by atoms with Gasteiger partial charge in [0.25, 0.3) is 5.91 Å². The largest absolute Gasteiger partial charge is 0.489 e. The Morgan fingerprint density at radius 3 is 2.88 bits per heavy atom. The molecule has 136 valence electrons. The van der Waals surface area contributed by atoms with Crippen LogP contribution in [0, 0.1) is 5.92 Å². The lowest BCUT2D eigenvalue weighted by atomic mass is 9.97. The topological polar surface area (TPSA) is 65.1 Å². The van der Waals surface area contributed by atoms with E-state index < -0.39 is 0 Å². The normalized spacial score (nSPS) is 19.9. The van der Waals surface area contributed by atoms with Crippen molar-refractivity contribution >= 4 is 23.5 Å². The quantitative estimate of drug-likeness (QED) is 0.768. The van der Waals surface area contributed by atoms with Crippen LogP contribution in [-0.2, 0) is 9.53 Å². The van der Waals surface area contributed by atoms with E-state index in [1.54, 1.807) is 24.0 Å². The van der Waals surface area contributed by atoms with E-state index in [-0.39, 0.29) is 17.8 Å². The van der Waals surface area contributed by atoms with Gasteiger partial charge in [0.1, 0.15) is 0 Å². The van der Waals surface area contributed by atoms with Crippen LogP contribution in [0.3, 0.4) is 0 Å². The van der Waals surface area contributed by atoms with Crippen LogP contribution in [0.5, 0.6) is 11.5 Å². The highest BCUT2D eigenvalue weighted by Crippen LogP contribution is 2.38. The SMILES string of the molecule is CCOC(=O)C1CCCN(C(=O)c2cc(Cl)c3c(c2)OCCCO3)C1. The van der Waals surface area contributed by atoms with Gasteiger partial charge in [0, 0.05) is 25.1 Å². The Kier molecular flexibility index (Phi) is 5.68. The molecule has 3 rings (SSSR count). The number of piperidine rings is 1. The number of halogens is 1. The number of esters is 1. The van der Waals surface area contributed by atoms with Crippen molar-refractivity contribution in [3.63, 3.8) is 0 Å². The highest BCUT2D eigenvalue weighted by Gasteiger charge is 2.30. The first-order valence-electron chi connectivity index (χ1n) is 8.65. The lowest BCUT2D eigenvalue weighted by Gasteiger charge is -2.31. The van der Waals surface area contributed by atoms with Crippen LogP contribution in [0.15, 0.2) is 12.1 Å². The van der Waals surface area contributed by atoms with Crippen LogP contribution in [0.2, 0.25) is 5.02 Å². The van der Waals surface area contributed by atoms with Crippen LogP contribution in [0.25, 0.3) is 0 Å². The van der Waals surface area contributed by atoms with Gasteiger partial charge in [0.15, 0.2) is 11.5 Å². The van der Waals surface area contributed by atoms with Gasteiger partial charge in [-0.15, -0.1) is 0 Å². The van der Waals surface area contributed by atoms with E-state index in [2.05, 4.69) is 0 Å². The Labute approximate surface area is 152 Å². The summed E-state index contributed by atoms with van der Waals surface area (Å²) in [6, 6.07) is 3.27. The number of carbonyl (C=O) groups excluding carboxylic acids is 2. The molecule has 6 nitrogen and oxygen atoms in total. The Morgan fingerprint density at radius 2 is 2.08 bits per heavy atom. The van der Waals surface area contributed by atoms with Gasteiger partial charge in [-0.1, -0.05) is 11.6 Å². The van der Waals surface area contributed by atoms with E-state index in [0.717, 1.165) is 19.3 Å². The van der Waals surface area contributed by atoms with Gasteiger partial charge >= 0.3 is 5.97 Å². The molecule has 0 radical (unpaired) electrons. The van der Waals surface area contributed by atoms with E-state index in [1.807, 2.05) is 0 Å². The molecule has 2 aliphatic heterocycles. The third-order valence-corrected chi connectivity index (χ3v) is 4.66. The average molecular weight is 368 g/mol. The summed E-state index contributed by atoms with van der Waals surface area (Å²) in [5, 5.41) is 0.363. The zero-order chi connectivity index (χ0) is 17.8. The van der Waals surface area contributed by atoms with Crippen molar-refractivity contribution in [2.75, 3.05) is 32.9 Å². The van der Waals surface area contributed by atoms with Crippen molar-refractivity contribution in [1.82, 2.24) is 4.90 Å². The Bertz CT molecular complexity index is 663. The minimum Gasteiger partial charge on any atom is -0.489 e. The van der Waals surface area contributed by atoms with Crippen LogP contribution in [0.4, 0.5) is 0 Å². The minimum absolute atomic E-state index is 0.161. The number of carbonyl (C=O) groups is 2. The second-order valence-electron chi connectivity index (χ2n) is 6.18. The van der Waals surface area contributed by atoms with Crippen molar-refractivity contribution in [3.8, 4) is 11.5 Å². The average Bonchev–Trinajstić information content (AvgIpc) is 2.87. The van der Waals surface area contributed by atoms with Crippen LogP contribution >= 0.6 is 11.6 Å². The smallest absolute Gasteiger partial charge is 0.310 e. The fourth-order valence-corrected chi connectivity index (χ4v) is 3.42. The van der Waals surface area contributed by atoms with E-state index in [0.29, 0.717) is 55.0 Å². The number of hydrogen-bond acceptors (Lipinski definition) is 5. The Morgan fingerprint density at radius 1 is 1.28 bits per heavy atom. The predicted molar refractivity (Wildman–Crippen MR) is 92.3 cm³/mol. The number of hydrogen-bond donors (Lipinski definition) is 0. The molecule has 2 aliphatic rings. The standard InChI is InChI=1S/C18H22ClNO5/c1-2-23-18(22)12-5-3-6-20(11-12)17(21)13-9-14(19)16-15(10-13)24-7-4-8-25-16/h9-10,12H,2-8,11H2,1H3. The van der Waals surface area contributed by atoms with Gasteiger partial charge in [-0.3, -0.25) is 9.59 Å². The molecular weight excluding hydrogens is 346 g/mol. The maximum Gasteiger partial charge on any atom is 0.310 e. The zero-order valence-corrected chi connectivity index (χ0v) is 15.0. The Hall–Kier alpha value is -1.95. The second-order valence-corrected chi connectivity index (χ2v) is 6.59. The third kappa shape index (κ3) is 4.00. The fraction of sp³-hybridized carbons (Fsp3) is 0.556. The third-order valence-electron chi connectivity index (χ3n) is 4.38. The first-order chi connectivity index (χ1) is 12.1. The van der Waals surface area contributed by atoms with Crippen molar-refractivity contribution < 1.29 is 23.8 Å². The maximum absolute atomic E-state index is 12.9. The molecular formula is C18H22ClNO5. The monoisotopic (exact) mass is 367 g/mol. The summed E-state index contributed by atoms with van der Waals surface area (Å²) in [7, 11) is 0. The van der Waals surface area contributed by atoms with E-state index in [1.165, 1.54) is 0 Å². The minimum atomic E-state index is -0.270. The summed E-state index contributed by atoms with van der Waals surface area (Å²) in [4.78, 5) is 26.5. The summed E-state index contributed by atoms with van der Waals surface area (Å²) in [6.45, 7) is 4.16. The van der Waals surface area contributed by atoms with Crippen molar-refractivity contribution in [3.05, 3.63) is 22.7 Å². The first-order valence-corrected chi connectivity index (χ1v) is 9.03. The molecule has 1 saturated heterocycles. The van der Waals surface area contributed by atoms with Gasteiger partial charge in [0.05, 0.1) is 30.8 Å². The highest BCUT2D eigenvalue weighted by molar-refractivity contribution is 6.32. The van der Waals surface area contributed by atoms with Crippen molar-refractivity contribution in [2.45, 2.75) is 26.2 Å². The number of likely N-dealkylation sites (tertiary alicyclic amines) is 1. The summed E-state index contributed by atoms with van der Waals surface area (Å²) in [6.07, 6.45) is 2.28. The number of ether oxygens (including phenoxy) is 3. The number of benzene rings is 1. The molecule has 0 aliphatic carbocycles. The van der Waals surface area contributed by atoms with Crippen molar-refractivity contribution in [2.24, 2.45) is 5.92 Å². The molecule has 0 spiro atoms. The van der Waals surface area contributed by atoms with E-state index in [9.17, 15) is 9.59 Å². The molecule has 1 aromatic rings. The molecule has 1 aromatic carbocycles. The second kappa shape index (κ2) is 7.95. The van der Waals surface area contributed by atoms with Crippen molar-refractivity contribution in [1.29, 1.82) is 0 Å². The number of amides is 1. The van der Waals surface area contributed by atoms with Crippen LogP contribution < -0.4 is 9.47 Å². The highest BCUT2D eigenvalue weighted by atomic mass is 35.5. The summed E-state index contributed by atoms with van der Waals surface area (Å²) < 4.78 is 16.3. The molecule has 0 N–H and O–H groups in total. The molecule has 2 heterocycles. The van der Waals surface area contributed by atoms with Gasteiger partial charge in [0.2, 0.25) is 0 Å². The lowest BCUT2D eigenvalue weighted by Crippen LogP contribution is -2.42. The molecule has 0 aromatic heterocycles. The molecule has 1 atom stereocenters. The van der Waals surface area contributed by atoms with E-state index >= 15 is 0 Å². The zero-order valence-electron chi connectivity index (χ0n) is 14.3. The summed E-state index contributed by atoms with van der Waals surface area (Å²) >= 11 is 6.27. The molecule has 1 fully saturated rings. The molecule has 7 heteroatoms. The first kappa shape index (κ1) is 17.9. The van der Waals surface area contributed by atoms with E-state index in [4.69, 9.17) is 25.8 Å². The van der Waals surface area contributed by atoms with Gasteiger partial charge in [-0.05, 0) is 31.9 Å². The summed E-state index contributed by atoms with van der Waals surface area (Å²) in [5.74, 6) is 0.308. The molecule has 0 saturated carbocycles. The lowest BCUT2D eigenvalue weighted by molar-refractivity contribution is -0.149. The number of nitrogens with zero attached hydrogens (tertiary/aromatic N) is 1. The fourth-order valence-electron chi connectivity index (χ4n) is 3.15. The predicted octanol–water partition coefficient (Wildman–Crippen LogP) is 2.92. The van der Waals surface area contributed by atoms with Gasteiger partial charge in [-0.2, -0.15) is 0 Å². The number of fused-ring (bicyclic) bond motifs is 1. The van der Waals surface area contributed by atoms with Gasteiger partial charge < -0.3 is 19.1 Å². The molecule has 1 unspecified atom stereocenters. The molecule has 25 heavy (non-hydrogen) atoms. The van der Waals surface area contributed by atoms with Crippen LogP contribution in [-0.4, -0.2) is 49.7 Å². The molecule has 0 bridgehead atoms. The Balaban J connectivity index is 1.77.